The molecular formula is C24H27ClN4O5. The maximum Gasteiger partial charge on any atom is 0.325 e. The Bertz CT molecular complexity index is 1090. The number of carbonyl (C=O) groups excluding carboxylic acids is 4. The molecule has 2 aromatic carbocycles. The van der Waals surface area contributed by atoms with Gasteiger partial charge in [-0.2, -0.15) is 0 Å². The van der Waals surface area contributed by atoms with Gasteiger partial charge in [-0.15, -0.1) is 0 Å². The third-order valence-corrected chi connectivity index (χ3v) is 5.91. The van der Waals surface area contributed by atoms with E-state index < -0.39 is 29.9 Å². The average molecular weight is 487 g/mol. The molecular weight excluding hydrogens is 460 g/mol. The largest absolute Gasteiger partial charge is 0.482 e. The number of nitrogens with one attached hydrogen (secondary N) is 2. The Kier molecular flexibility index (Phi) is 7.78. The minimum atomic E-state index is -1.25. The van der Waals surface area contributed by atoms with Crippen LogP contribution in [0.4, 0.5) is 10.5 Å². The molecule has 0 radical (unpaired) electrons. The normalized spacial score (nSPS) is 17.4. The summed E-state index contributed by atoms with van der Waals surface area (Å²) in [5, 5.41) is 5.48. The summed E-state index contributed by atoms with van der Waals surface area (Å²) in [6.45, 7) is 5.92. The summed E-state index contributed by atoms with van der Waals surface area (Å²) in [4.78, 5) is 52.5. The number of rotatable bonds is 9. The number of carbonyl (C=O) groups is 4. The molecule has 1 atom stereocenters. The highest BCUT2D eigenvalue weighted by Crippen LogP contribution is 2.29. The Labute approximate surface area is 203 Å². The summed E-state index contributed by atoms with van der Waals surface area (Å²) in [5.74, 6) is -0.942. The molecule has 1 fully saturated rings. The number of nitrogens with zero attached hydrogens (tertiary/aromatic N) is 2. The number of halogens is 1. The van der Waals surface area contributed by atoms with E-state index in [1.54, 1.807) is 42.2 Å². The SMILES string of the molecule is CCN(CC)C(=O)COc1ccc(NC(=O)CN2C(=O)NC(C)(c3ccccc3)C2=O)cc1Cl. The van der Waals surface area contributed by atoms with Crippen LogP contribution >= 0.6 is 11.6 Å². The number of ether oxygens (including phenoxy) is 1. The molecule has 2 aromatic rings. The summed E-state index contributed by atoms with van der Waals surface area (Å²) in [6.07, 6.45) is 0. The van der Waals surface area contributed by atoms with Crippen molar-refractivity contribution < 1.29 is 23.9 Å². The molecule has 5 amide bonds. The molecule has 180 valence electrons. The predicted octanol–water partition coefficient (Wildman–Crippen LogP) is 2.99. The van der Waals surface area contributed by atoms with Gasteiger partial charge in [-0.25, -0.2) is 4.79 Å². The molecule has 1 heterocycles. The van der Waals surface area contributed by atoms with Crippen molar-refractivity contribution in [3.8, 4) is 5.75 Å². The summed E-state index contributed by atoms with van der Waals surface area (Å²) >= 11 is 6.24. The average Bonchev–Trinajstić information content (AvgIpc) is 3.03. The molecule has 1 saturated heterocycles. The Morgan fingerprint density at radius 1 is 1.12 bits per heavy atom. The van der Waals surface area contributed by atoms with E-state index in [0.29, 0.717) is 30.1 Å². The van der Waals surface area contributed by atoms with Crippen molar-refractivity contribution >= 4 is 41.0 Å². The standard InChI is InChI=1S/C24H27ClN4O5/c1-4-28(5-2)21(31)15-34-19-12-11-17(13-18(19)25)26-20(30)14-29-22(32)24(3,27-23(29)33)16-9-7-6-8-10-16/h6-13H,4-5,14-15H2,1-3H3,(H,26,30)(H,27,33). The van der Waals surface area contributed by atoms with E-state index in [-0.39, 0.29) is 17.5 Å². The first-order chi connectivity index (χ1) is 16.2. The van der Waals surface area contributed by atoms with E-state index in [1.165, 1.54) is 12.1 Å². The highest BCUT2D eigenvalue weighted by Gasteiger charge is 2.49. The van der Waals surface area contributed by atoms with Crippen LogP contribution in [0.3, 0.4) is 0 Å². The summed E-state index contributed by atoms with van der Waals surface area (Å²) in [7, 11) is 0. The topological polar surface area (TPSA) is 108 Å². The zero-order valence-corrected chi connectivity index (χ0v) is 20.0. The first-order valence-corrected chi connectivity index (χ1v) is 11.3. The number of hydrogen-bond acceptors (Lipinski definition) is 5. The van der Waals surface area contributed by atoms with Crippen LogP contribution in [0.15, 0.2) is 48.5 Å². The van der Waals surface area contributed by atoms with Gasteiger partial charge in [-0.3, -0.25) is 19.3 Å². The minimum absolute atomic E-state index is 0.153. The van der Waals surface area contributed by atoms with Crippen molar-refractivity contribution in [3.05, 3.63) is 59.1 Å². The van der Waals surface area contributed by atoms with E-state index in [2.05, 4.69) is 10.6 Å². The molecule has 0 saturated carbocycles. The molecule has 3 rings (SSSR count). The van der Waals surface area contributed by atoms with Gasteiger partial charge < -0.3 is 20.3 Å². The lowest BCUT2D eigenvalue weighted by Gasteiger charge is -2.22. The van der Waals surface area contributed by atoms with Crippen molar-refractivity contribution in [3.63, 3.8) is 0 Å². The van der Waals surface area contributed by atoms with Gasteiger partial charge in [-0.1, -0.05) is 41.9 Å². The van der Waals surface area contributed by atoms with Crippen LogP contribution in [0.2, 0.25) is 5.02 Å². The zero-order valence-electron chi connectivity index (χ0n) is 19.3. The molecule has 0 bridgehead atoms. The summed E-state index contributed by atoms with van der Waals surface area (Å²) in [6, 6.07) is 12.7. The fraction of sp³-hybridized carbons (Fsp3) is 0.333. The predicted molar refractivity (Wildman–Crippen MR) is 128 cm³/mol. The Hall–Kier alpha value is -3.59. The third-order valence-electron chi connectivity index (χ3n) is 5.61. The maximum absolute atomic E-state index is 12.9. The van der Waals surface area contributed by atoms with Crippen LogP contribution in [0.1, 0.15) is 26.3 Å². The van der Waals surface area contributed by atoms with Crippen LogP contribution in [-0.4, -0.2) is 59.8 Å². The second kappa shape index (κ2) is 10.6. The molecule has 0 aliphatic carbocycles. The Balaban J connectivity index is 1.61. The number of imide groups is 1. The van der Waals surface area contributed by atoms with Crippen molar-refractivity contribution in [2.24, 2.45) is 0 Å². The van der Waals surface area contributed by atoms with Crippen LogP contribution < -0.4 is 15.4 Å². The van der Waals surface area contributed by atoms with E-state index in [9.17, 15) is 19.2 Å². The van der Waals surface area contributed by atoms with E-state index in [1.807, 2.05) is 19.9 Å². The van der Waals surface area contributed by atoms with Gasteiger partial charge in [0.2, 0.25) is 5.91 Å². The van der Waals surface area contributed by atoms with Crippen LogP contribution in [0.25, 0.3) is 0 Å². The van der Waals surface area contributed by atoms with Gasteiger partial charge in [-0.05, 0) is 44.5 Å². The monoisotopic (exact) mass is 486 g/mol. The van der Waals surface area contributed by atoms with Crippen molar-refractivity contribution in [1.82, 2.24) is 15.1 Å². The van der Waals surface area contributed by atoms with Gasteiger partial charge in [0.25, 0.3) is 11.8 Å². The van der Waals surface area contributed by atoms with Gasteiger partial charge in [0, 0.05) is 18.8 Å². The van der Waals surface area contributed by atoms with Crippen LogP contribution in [0, 0.1) is 0 Å². The van der Waals surface area contributed by atoms with Crippen molar-refractivity contribution in [1.29, 1.82) is 0 Å². The lowest BCUT2D eigenvalue weighted by Crippen LogP contribution is -2.42. The minimum Gasteiger partial charge on any atom is -0.482 e. The number of benzene rings is 2. The van der Waals surface area contributed by atoms with Crippen LogP contribution in [0.5, 0.6) is 5.75 Å². The number of amides is 5. The second-order valence-corrected chi connectivity index (χ2v) is 8.27. The zero-order chi connectivity index (χ0) is 24.9. The first-order valence-electron chi connectivity index (χ1n) is 10.9. The third kappa shape index (κ3) is 5.31. The van der Waals surface area contributed by atoms with E-state index >= 15 is 0 Å². The Morgan fingerprint density at radius 2 is 1.79 bits per heavy atom. The van der Waals surface area contributed by atoms with Gasteiger partial charge in [0.05, 0.1) is 5.02 Å². The lowest BCUT2D eigenvalue weighted by atomic mass is 9.92. The van der Waals surface area contributed by atoms with Gasteiger partial charge in [0.15, 0.2) is 6.61 Å². The molecule has 10 heteroatoms. The second-order valence-electron chi connectivity index (χ2n) is 7.86. The summed E-state index contributed by atoms with van der Waals surface area (Å²) in [5.41, 5.74) is -0.267. The Morgan fingerprint density at radius 3 is 2.41 bits per heavy atom. The molecule has 0 spiro atoms. The van der Waals surface area contributed by atoms with E-state index in [4.69, 9.17) is 16.3 Å². The number of hydrogen-bond donors (Lipinski definition) is 2. The number of likely N-dealkylation sites (N-methyl/N-ethyl adjacent to an activating group) is 1. The molecule has 2 N–H and O–H groups in total. The molecule has 34 heavy (non-hydrogen) atoms. The molecule has 1 aliphatic heterocycles. The quantitative estimate of drug-likeness (QED) is 0.530. The number of anilines is 1. The number of urea groups is 1. The van der Waals surface area contributed by atoms with Gasteiger partial charge in [0.1, 0.15) is 17.8 Å². The summed E-state index contributed by atoms with van der Waals surface area (Å²) < 4.78 is 5.50. The van der Waals surface area contributed by atoms with Gasteiger partial charge >= 0.3 is 6.03 Å². The molecule has 9 nitrogen and oxygen atoms in total. The molecule has 1 unspecified atom stereocenters. The fourth-order valence-corrected chi connectivity index (χ4v) is 3.89. The smallest absolute Gasteiger partial charge is 0.325 e. The molecule has 1 aliphatic rings. The van der Waals surface area contributed by atoms with Crippen molar-refractivity contribution in [2.75, 3.05) is 31.6 Å². The lowest BCUT2D eigenvalue weighted by molar-refractivity contribution is -0.133. The molecule has 0 aromatic heterocycles. The first kappa shape index (κ1) is 25.0. The highest BCUT2D eigenvalue weighted by atomic mass is 35.5. The van der Waals surface area contributed by atoms with E-state index in [0.717, 1.165) is 4.90 Å². The maximum atomic E-state index is 12.9. The highest BCUT2D eigenvalue weighted by molar-refractivity contribution is 6.32. The fourth-order valence-electron chi connectivity index (χ4n) is 3.65. The van der Waals surface area contributed by atoms with Crippen molar-refractivity contribution in [2.45, 2.75) is 26.3 Å². The van der Waals surface area contributed by atoms with Crippen LogP contribution in [-0.2, 0) is 19.9 Å².